The van der Waals surface area contributed by atoms with Crippen molar-refractivity contribution in [2.75, 3.05) is 47.0 Å². The summed E-state index contributed by atoms with van der Waals surface area (Å²) in [5, 5.41) is 27.4. The zero-order valence-electron chi connectivity index (χ0n) is 33.6. The van der Waals surface area contributed by atoms with Crippen LogP contribution in [0.15, 0.2) is 24.3 Å². The van der Waals surface area contributed by atoms with Crippen molar-refractivity contribution in [3.8, 4) is 40.6 Å². The van der Waals surface area contributed by atoms with Gasteiger partial charge in [0.15, 0.2) is 28.5 Å². The Morgan fingerprint density at radius 3 is 2.63 bits per heavy atom. The highest BCUT2D eigenvalue weighted by Crippen LogP contribution is 2.64. The predicted molar refractivity (Wildman–Crippen MR) is 216 cm³/mol. The van der Waals surface area contributed by atoms with Gasteiger partial charge in [0.2, 0.25) is 6.79 Å². The molecule has 11 rings (SSSR count). The number of nitrogens with two attached hydrogens (primary N) is 1. The van der Waals surface area contributed by atoms with E-state index in [9.17, 15) is 15.2 Å². The number of ether oxygens (including phenoxy) is 6. The SMILES string of the molecule is COc1ccc2[nH]c3c(c2c1)C[C@H](CN)N[C@]31CS[C@@H]2c3c(OC(C)=O)c(C)c4c(c3[C@H](COC1=O)N1C(C#N)[C@@H]3Cc5cc(C)c(OC)c(O)c5[C@@H]([C@H]21)N3C)OCO4. The van der Waals surface area contributed by atoms with Crippen LogP contribution in [-0.4, -0.2) is 103 Å². The minimum Gasteiger partial charge on any atom is -0.504 e. The van der Waals surface area contributed by atoms with E-state index in [1.165, 1.54) is 18.7 Å². The Balaban J connectivity index is 1.25. The van der Waals surface area contributed by atoms with Crippen molar-refractivity contribution in [3.05, 3.63) is 68.9 Å². The van der Waals surface area contributed by atoms with Crippen molar-refractivity contribution in [3.63, 3.8) is 0 Å². The third-order valence-electron chi connectivity index (χ3n) is 13.5. The Bertz CT molecular complexity index is 2520. The van der Waals surface area contributed by atoms with Crippen LogP contribution in [-0.2, 0) is 32.7 Å². The fraction of sp³-hybridized carbons (Fsp3) is 0.465. The van der Waals surface area contributed by atoms with Crippen LogP contribution >= 0.6 is 11.8 Å². The molecule has 1 unspecified atom stereocenters. The first-order chi connectivity index (χ1) is 28.5. The molecule has 7 aliphatic heterocycles. The maximum atomic E-state index is 15.1. The molecule has 59 heavy (non-hydrogen) atoms. The number of nitrogens with zero attached hydrogens (tertiary/aromatic N) is 3. The molecule has 1 spiro atoms. The molecule has 16 heteroatoms. The highest BCUT2D eigenvalue weighted by Gasteiger charge is 2.62. The van der Waals surface area contributed by atoms with E-state index in [1.807, 2.05) is 39.1 Å². The standard InChI is InChI=1S/C43H46N6O9S/c1-18-9-21-10-27-28(14-45)49-29-15-55-42(52)43(41-25(11-22(13-44)47-43)24-12-23(53-5)7-8-26(24)46-41)16-59-40(34(49)33(48(27)4)30(21)35(51)36(18)54-6)32-31(29)39-38(56-17-57-39)19(2)37(32)58-20(3)50/h7-9,12,22,27-29,33-34,40,46-47,51H,10-11,13,15-17,44H2,1-6H3/t22-,27+,28?,29+,33+,34-,40-,43-/m1/s1. The summed E-state index contributed by atoms with van der Waals surface area (Å²) >= 11 is 1.51. The van der Waals surface area contributed by atoms with Crippen molar-refractivity contribution in [2.45, 2.75) is 80.7 Å². The topological polar surface area (TPSA) is 194 Å². The number of aromatic nitrogens is 1. The number of nitrogens with one attached hydrogen (secondary N) is 2. The molecule has 0 aliphatic carbocycles. The number of esters is 2. The number of phenolic OH excluding ortho intramolecular Hbond substituents is 1. The molecule has 0 saturated carbocycles. The molecule has 15 nitrogen and oxygen atoms in total. The molecular formula is C43H46N6O9S. The second-order valence-electron chi connectivity index (χ2n) is 16.4. The van der Waals surface area contributed by atoms with Gasteiger partial charge in [-0.05, 0) is 68.6 Å². The second kappa shape index (κ2) is 13.7. The van der Waals surface area contributed by atoms with Crippen LogP contribution in [0.3, 0.4) is 0 Å². The number of hydrogen-bond donors (Lipinski definition) is 4. The number of H-pyrrole nitrogens is 1. The van der Waals surface area contributed by atoms with Crippen LogP contribution in [0.2, 0.25) is 0 Å². The number of aromatic amines is 1. The lowest BCUT2D eigenvalue weighted by Gasteiger charge is -2.62. The van der Waals surface area contributed by atoms with Gasteiger partial charge in [0.25, 0.3) is 0 Å². The number of benzene rings is 3. The molecule has 308 valence electrons. The maximum absolute atomic E-state index is 15.1. The van der Waals surface area contributed by atoms with Gasteiger partial charge in [0.05, 0.1) is 43.3 Å². The minimum absolute atomic E-state index is 0.0502. The molecule has 5 N–H and O–H groups in total. The van der Waals surface area contributed by atoms with Crippen LogP contribution in [0.25, 0.3) is 10.9 Å². The Morgan fingerprint density at radius 1 is 1.10 bits per heavy atom. The number of aryl methyl sites for hydroxylation is 1. The van der Waals surface area contributed by atoms with Crippen LogP contribution < -0.4 is 34.7 Å². The van der Waals surface area contributed by atoms with Gasteiger partial charge in [0.1, 0.15) is 24.1 Å². The average molecular weight is 823 g/mol. The average Bonchev–Trinajstić information content (AvgIpc) is 3.86. The van der Waals surface area contributed by atoms with E-state index in [0.717, 1.165) is 27.6 Å². The predicted octanol–water partition coefficient (Wildman–Crippen LogP) is 4.09. The summed E-state index contributed by atoms with van der Waals surface area (Å²) in [6.07, 6.45) is 1.06. The van der Waals surface area contributed by atoms with Crippen molar-refractivity contribution >= 4 is 34.6 Å². The fourth-order valence-electron chi connectivity index (χ4n) is 11.1. The third kappa shape index (κ3) is 5.21. The van der Waals surface area contributed by atoms with E-state index in [0.29, 0.717) is 69.5 Å². The zero-order chi connectivity index (χ0) is 41.2. The molecular weight excluding hydrogens is 777 g/mol. The number of phenols is 1. The van der Waals surface area contributed by atoms with Gasteiger partial charge in [-0.25, -0.2) is 4.79 Å². The molecule has 0 amide bonds. The van der Waals surface area contributed by atoms with Gasteiger partial charge in [-0.3, -0.25) is 19.9 Å². The number of hydrogen-bond acceptors (Lipinski definition) is 15. The number of aromatic hydroxyl groups is 1. The number of nitriles is 1. The molecule has 7 aliphatic rings. The number of methoxy groups -OCH3 is 2. The van der Waals surface area contributed by atoms with Crippen molar-refractivity contribution in [1.82, 2.24) is 20.1 Å². The Kier molecular flexibility index (Phi) is 8.82. The highest BCUT2D eigenvalue weighted by atomic mass is 32.2. The fourth-order valence-corrected chi connectivity index (χ4v) is 12.7. The zero-order valence-corrected chi connectivity index (χ0v) is 34.5. The van der Waals surface area contributed by atoms with Gasteiger partial charge >= 0.3 is 11.9 Å². The molecule has 4 aromatic rings. The molecule has 2 fully saturated rings. The number of carbonyl (C=O) groups excluding carboxylic acids is 2. The summed E-state index contributed by atoms with van der Waals surface area (Å²) in [5.74, 6) is 1.54. The van der Waals surface area contributed by atoms with E-state index < -0.39 is 46.9 Å². The van der Waals surface area contributed by atoms with Gasteiger partial charge in [0, 0.05) is 70.5 Å². The van der Waals surface area contributed by atoms with Crippen LogP contribution in [0.5, 0.6) is 34.5 Å². The first-order valence-corrected chi connectivity index (χ1v) is 20.9. The van der Waals surface area contributed by atoms with Crippen molar-refractivity contribution < 1.29 is 43.1 Å². The molecule has 4 bridgehead atoms. The first-order valence-electron chi connectivity index (χ1n) is 19.8. The summed E-state index contributed by atoms with van der Waals surface area (Å²) in [4.78, 5) is 36.2. The Hall–Kier alpha value is -5.18. The number of rotatable bonds is 4. The minimum atomic E-state index is -1.39. The van der Waals surface area contributed by atoms with E-state index in [-0.39, 0.29) is 43.5 Å². The summed E-state index contributed by atoms with van der Waals surface area (Å²) in [6, 6.07) is 7.49. The molecule has 1 aromatic heterocycles. The van der Waals surface area contributed by atoms with E-state index in [4.69, 9.17) is 34.2 Å². The van der Waals surface area contributed by atoms with E-state index in [2.05, 4.69) is 32.2 Å². The van der Waals surface area contributed by atoms with Crippen LogP contribution in [0.4, 0.5) is 0 Å². The lowest BCUT2D eigenvalue weighted by atomic mass is 9.71. The number of thioether (sulfide) groups is 1. The first kappa shape index (κ1) is 38.0. The number of carbonyl (C=O) groups is 2. The summed E-state index contributed by atoms with van der Waals surface area (Å²) < 4.78 is 36.5. The summed E-state index contributed by atoms with van der Waals surface area (Å²) in [6.45, 7) is 5.15. The molecule has 8 atom stereocenters. The highest BCUT2D eigenvalue weighted by molar-refractivity contribution is 7.99. The quantitative estimate of drug-likeness (QED) is 0.170. The van der Waals surface area contributed by atoms with E-state index >= 15 is 4.79 Å². The monoisotopic (exact) mass is 822 g/mol. The van der Waals surface area contributed by atoms with Gasteiger partial charge < -0.3 is 44.2 Å². The maximum Gasteiger partial charge on any atom is 0.333 e. The molecule has 2 saturated heterocycles. The van der Waals surface area contributed by atoms with Crippen molar-refractivity contribution in [2.24, 2.45) is 5.73 Å². The number of piperazine rings is 1. The van der Waals surface area contributed by atoms with Gasteiger partial charge in [-0.15, -0.1) is 11.8 Å². The van der Waals surface area contributed by atoms with Crippen LogP contribution in [0, 0.1) is 25.2 Å². The largest absolute Gasteiger partial charge is 0.504 e. The number of likely N-dealkylation sites (N-methyl/N-ethyl adjacent to an activating group) is 1. The van der Waals surface area contributed by atoms with Crippen molar-refractivity contribution in [1.29, 1.82) is 5.26 Å². The smallest absolute Gasteiger partial charge is 0.333 e. The van der Waals surface area contributed by atoms with Crippen LogP contribution in [0.1, 0.15) is 68.9 Å². The number of fused-ring (bicyclic) bond motifs is 11. The lowest BCUT2D eigenvalue weighted by Crippen LogP contribution is -2.69. The normalized spacial score (nSPS) is 29.2. The molecule has 0 radical (unpaired) electrons. The van der Waals surface area contributed by atoms with Gasteiger partial charge in [-0.2, -0.15) is 5.26 Å². The summed E-state index contributed by atoms with van der Waals surface area (Å²) in [7, 11) is 5.17. The Labute approximate surface area is 345 Å². The summed E-state index contributed by atoms with van der Waals surface area (Å²) in [5.41, 5.74) is 11.9. The molecule has 3 aromatic carbocycles. The molecule has 8 heterocycles. The second-order valence-corrected chi connectivity index (χ2v) is 17.5. The van der Waals surface area contributed by atoms with Gasteiger partial charge in [-0.1, -0.05) is 6.07 Å². The Morgan fingerprint density at radius 2 is 1.90 bits per heavy atom. The third-order valence-corrected chi connectivity index (χ3v) is 14.9. The lowest BCUT2D eigenvalue weighted by molar-refractivity contribution is -0.158. The van der Waals surface area contributed by atoms with E-state index in [1.54, 1.807) is 14.2 Å².